The molecule has 0 radical (unpaired) electrons. The van der Waals surface area contributed by atoms with Crippen molar-refractivity contribution in [1.82, 2.24) is 0 Å². The lowest BCUT2D eigenvalue weighted by Crippen LogP contribution is -2.17. The van der Waals surface area contributed by atoms with E-state index in [1.807, 2.05) is 30.3 Å². The molecule has 0 atom stereocenters. The molecule has 88 valence electrons. The van der Waals surface area contributed by atoms with E-state index in [2.05, 4.69) is 0 Å². The molecule has 0 heterocycles. The summed E-state index contributed by atoms with van der Waals surface area (Å²) in [5.41, 5.74) is 1.84. The number of hydrogen-bond acceptors (Lipinski definition) is 3. The molecule has 0 N–H and O–H groups in total. The van der Waals surface area contributed by atoms with Crippen molar-refractivity contribution in [2.75, 3.05) is 7.11 Å². The molecule has 1 aliphatic rings. The molecule has 0 aliphatic heterocycles. The Balaban J connectivity index is 2.53. The highest BCUT2D eigenvalue weighted by molar-refractivity contribution is 6.26. The van der Waals surface area contributed by atoms with E-state index in [9.17, 15) is 9.59 Å². The van der Waals surface area contributed by atoms with Gasteiger partial charge in [0.1, 0.15) is 0 Å². The van der Waals surface area contributed by atoms with Crippen LogP contribution < -0.4 is 0 Å². The number of carbonyl (C=O) groups is 2. The second-order valence-electron chi connectivity index (χ2n) is 3.99. The third-order valence-corrected chi connectivity index (χ3v) is 2.91. The third kappa shape index (κ3) is 2.28. The molecular weight excluding hydrogens is 216 g/mol. The van der Waals surface area contributed by atoms with E-state index in [1.165, 1.54) is 7.11 Å². The van der Waals surface area contributed by atoms with Crippen LogP contribution in [0, 0.1) is 0 Å². The molecule has 0 bridgehead atoms. The fourth-order valence-corrected chi connectivity index (χ4v) is 2.11. The van der Waals surface area contributed by atoms with Crippen LogP contribution in [0.15, 0.2) is 35.9 Å². The first-order valence-electron chi connectivity index (χ1n) is 5.64. The lowest BCUT2D eigenvalue weighted by molar-refractivity contribution is -0.136. The predicted octanol–water partition coefficient (Wildman–Crippen LogP) is 2.37. The maximum absolute atomic E-state index is 12.0. The molecule has 2 rings (SSSR count). The van der Waals surface area contributed by atoms with Crippen molar-refractivity contribution >= 4 is 17.3 Å². The summed E-state index contributed by atoms with van der Waals surface area (Å²) in [5.74, 6) is -0.361. The van der Waals surface area contributed by atoms with E-state index in [0.717, 1.165) is 12.0 Å². The monoisotopic (exact) mass is 230 g/mol. The highest BCUT2D eigenvalue weighted by Crippen LogP contribution is 2.30. The first-order chi connectivity index (χ1) is 8.24. The van der Waals surface area contributed by atoms with Crippen molar-refractivity contribution in [3.05, 3.63) is 41.5 Å². The first kappa shape index (κ1) is 11.6. The quantitative estimate of drug-likeness (QED) is 0.732. The number of allylic oxidation sites excluding steroid dienone is 1. The zero-order chi connectivity index (χ0) is 12.3. The van der Waals surface area contributed by atoms with E-state index in [4.69, 9.17) is 4.74 Å². The van der Waals surface area contributed by atoms with Crippen molar-refractivity contribution in [3.63, 3.8) is 0 Å². The highest BCUT2D eigenvalue weighted by Gasteiger charge is 2.26. The molecule has 1 aromatic rings. The van der Waals surface area contributed by atoms with Crippen LogP contribution in [0.3, 0.4) is 0 Å². The number of Topliss-reactive ketones (excluding diaryl/α,β-unsaturated/α-hetero) is 1. The summed E-state index contributed by atoms with van der Waals surface area (Å²) >= 11 is 0. The lowest BCUT2D eigenvalue weighted by Gasteiger charge is -2.17. The van der Waals surface area contributed by atoms with Crippen molar-refractivity contribution in [3.8, 4) is 0 Å². The molecule has 3 nitrogen and oxygen atoms in total. The number of carbonyl (C=O) groups excluding carboxylic acids is 2. The van der Waals surface area contributed by atoms with Gasteiger partial charge in [-0.15, -0.1) is 0 Å². The van der Waals surface area contributed by atoms with Gasteiger partial charge in [-0.05, 0) is 18.4 Å². The van der Waals surface area contributed by atoms with Gasteiger partial charge in [0.05, 0.1) is 7.11 Å². The predicted molar refractivity (Wildman–Crippen MR) is 64.2 cm³/mol. The summed E-state index contributed by atoms with van der Waals surface area (Å²) in [5, 5.41) is 0. The third-order valence-electron chi connectivity index (χ3n) is 2.91. The van der Waals surface area contributed by atoms with E-state index >= 15 is 0 Å². The fourth-order valence-electron chi connectivity index (χ4n) is 2.11. The second-order valence-corrected chi connectivity index (χ2v) is 3.99. The smallest absolute Gasteiger partial charge is 0.334 e. The maximum atomic E-state index is 12.0. The largest absolute Gasteiger partial charge is 0.466 e. The minimum Gasteiger partial charge on any atom is -0.466 e. The summed E-state index contributed by atoms with van der Waals surface area (Å²) in [6.07, 6.45) is 1.84. The fraction of sp³-hybridized carbons (Fsp3) is 0.286. The summed E-state index contributed by atoms with van der Waals surface area (Å²) in [6, 6.07) is 9.30. The topological polar surface area (TPSA) is 43.4 Å². The normalized spacial score (nSPS) is 15.9. The van der Waals surface area contributed by atoms with Gasteiger partial charge in [-0.1, -0.05) is 30.3 Å². The van der Waals surface area contributed by atoms with Gasteiger partial charge in [-0.3, -0.25) is 4.79 Å². The Kier molecular flexibility index (Phi) is 3.38. The summed E-state index contributed by atoms with van der Waals surface area (Å²) in [7, 11) is 1.34. The second kappa shape index (κ2) is 4.95. The van der Waals surface area contributed by atoms with Gasteiger partial charge in [0, 0.05) is 17.6 Å². The Morgan fingerprint density at radius 2 is 1.88 bits per heavy atom. The number of ketones is 1. The van der Waals surface area contributed by atoms with Crippen molar-refractivity contribution in [2.45, 2.75) is 19.3 Å². The maximum Gasteiger partial charge on any atom is 0.334 e. The molecule has 0 fully saturated rings. The minimum atomic E-state index is -0.392. The molecular formula is C14H14O3. The molecule has 1 aliphatic carbocycles. The average molecular weight is 230 g/mol. The van der Waals surface area contributed by atoms with Crippen LogP contribution in [-0.2, 0) is 14.3 Å². The Bertz CT molecular complexity index is 472. The van der Waals surface area contributed by atoms with E-state index in [1.54, 1.807) is 0 Å². The molecule has 1 aromatic carbocycles. The SMILES string of the molecule is COC(=O)C1=C(c2ccccc2)C(=O)CCC1. The summed E-state index contributed by atoms with van der Waals surface area (Å²) in [6.45, 7) is 0. The van der Waals surface area contributed by atoms with Crippen LogP contribution in [0.25, 0.3) is 5.57 Å². The zero-order valence-corrected chi connectivity index (χ0v) is 9.73. The van der Waals surface area contributed by atoms with E-state index in [0.29, 0.717) is 24.0 Å². The van der Waals surface area contributed by atoms with Crippen LogP contribution in [0.5, 0.6) is 0 Å². The number of methoxy groups -OCH3 is 1. The van der Waals surface area contributed by atoms with Crippen LogP contribution in [0.2, 0.25) is 0 Å². The van der Waals surface area contributed by atoms with Gasteiger partial charge in [0.25, 0.3) is 0 Å². The lowest BCUT2D eigenvalue weighted by atomic mass is 9.86. The zero-order valence-electron chi connectivity index (χ0n) is 9.73. The highest BCUT2D eigenvalue weighted by atomic mass is 16.5. The Morgan fingerprint density at radius 1 is 1.18 bits per heavy atom. The Morgan fingerprint density at radius 3 is 2.53 bits per heavy atom. The van der Waals surface area contributed by atoms with Crippen molar-refractivity contribution < 1.29 is 14.3 Å². The molecule has 17 heavy (non-hydrogen) atoms. The molecule has 0 aromatic heterocycles. The van der Waals surface area contributed by atoms with Crippen LogP contribution >= 0.6 is 0 Å². The molecule has 0 unspecified atom stereocenters. The van der Waals surface area contributed by atoms with E-state index in [-0.39, 0.29) is 5.78 Å². The standard InChI is InChI=1S/C14H14O3/c1-17-14(16)11-8-5-9-12(15)13(11)10-6-3-2-4-7-10/h2-4,6-7H,5,8-9H2,1H3. The van der Waals surface area contributed by atoms with Gasteiger partial charge in [-0.2, -0.15) is 0 Å². The number of esters is 1. The van der Waals surface area contributed by atoms with Gasteiger partial charge in [0.2, 0.25) is 0 Å². The van der Waals surface area contributed by atoms with Gasteiger partial charge >= 0.3 is 5.97 Å². The van der Waals surface area contributed by atoms with Crippen molar-refractivity contribution in [1.29, 1.82) is 0 Å². The number of benzene rings is 1. The molecule has 0 spiro atoms. The van der Waals surface area contributed by atoms with Gasteiger partial charge < -0.3 is 4.74 Å². The molecule has 0 saturated heterocycles. The van der Waals surface area contributed by atoms with Crippen LogP contribution in [0.4, 0.5) is 0 Å². The van der Waals surface area contributed by atoms with Crippen molar-refractivity contribution in [2.24, 2.45) is 0 Å². The summed E-state index contributed by atoms with van der Waals surface area (Å²) < 4.78 is 4.74. The van der Waals surface area contributed by atoms with Gasteiger partial charge in [-0.25, -0.2) is 4.79 Å². The number of ether oxygens (including phenoxy) is 1. The minimum absolute atomic E-state index is 0.0304. The van der Waals surface area contributed by atoms with E-state index < -0.39 is 5.97 Å². The molecule has 3 heteroatoms. The van der Waals surface area contributed by atoms with Crippen LogP contribution in [0.1, 0.15) is 24.8 Å². The first-order valence-corrected chi connectivity index (χ1v) is 5.64. The summed E-state index contributed by atoms with van der Waals surface area (Å²) in [4.78, 5) is 23.6. The number of rotatable bonds is 2. The number of hydrogen-bond donors (Lipinski definition) is 0. The Labute approximate surface area is 100 Å². The van der Waals surface area contributed by atoms with Crippen LogP contribution in [-0.4, -0.2) is 18.9 Å². The Hall–Kier alpha value is -1.90. The van der Waals surface area contributed by atoms with Gasteiger partial charge in [0.15, 0.2) is 5.78 Å². The average Bonchev–Trinajstić information content (AvgIpc) is 2.38. The molecule has 0 saturated carbocycles. The molecule has 0 amide bonds.